The predicted molar refractivity (Wildman–Crippen MR) is 73.8 cm³/mol. The molecule has 0 aliphatic heterocycles. The van der Waals surface area contributed by atoms with Crippen LogP contribution in [0.15, 0.2) is 36.9 Å². The van der Waals surface area contributed by atoms with Gasteiger partial charge < -0.3 is 4.74 Å². The number of aryl methyl sites for hydroxylation is 1. The number of nitriles is 1. The molecule has 1 aromatic carbocycles. The third-order valence-electron chi connectivity index (χ3n) is 2.58. The zero-order chi connectivity index (χ0) is 14.2. The van der Waals surface area contributed by atoms with Gasteiger partial charge in [0.15, 0.2) is 0 Å². The summed E-state index contributed by atoms with van der Waals surface area (Å²) in [7, 11) is 0. The van der Waals surface area contributed by atoms with Crippen molar-refractivity contribution in [2.24, 2.45) is 0 Å². The Morgan fingerprint density at radius 1 is 1.35 bits per heavy atom. The van der Waals surface area contributed by atoms with Crippen molar-refractivity contribution < 1.29 is 4.74 Å². The Balaban J connectivity index is 2.00. The Kier molecular flexibility index (Phi) is 4.84. The minimum atomic E-state index is 0.367. The molecule has 2 rings (SSSR count). The number of hydrogen-bond acceptors (Lipinski definition) is 5. The van der Waals surface area contributed by atoms with E-state index < -0.39 is 0 Å². The van der Waals surface area contributed by atoms with Crippen LogP contribution in [0.5, 0.6) is 5.75 Å². The number of aromatic nitrogens is 4. The van der Waals surface area contributed by atoms with Gasteiger partial charge in [-0.1, -0.05) is 6.08 Å². The van der Waals surface area contributed by atoms with Crippen molar-refractivity contribution >= 4 is 0 Å². The van der Waals surface area contributed by atoms with Crippen molar-refractivity contribution in [3.8, 4) is 23.2 Å². The molecule has 6 heteroatoms. The number of hydrogen-bond donors (Lipinski definition) is 0. The summed E-state index contributed by atoms with van der Waals surface area (Å²) < 4.78 is 5.53. The summed E-state index contributed by atoms with van der Waals surface area (Å²) in [4.78, 5) is 1.42. The van der Waals surface area contributed by atoms with Crippen LogP contribution in [-0.4, -0.2) is 26.8 Å². The van der Waals surface area contributed by atoms with Gasteiger partial charge in [0.2, 0.25) is 5.82 Å². The molecule has 0 spiro atoms. The summed E-state index contributed by atoms with van der Waals surface area (Å²) in [5, 5.41) is 20.6. The first-order valence-corrected chi connectivity index (χ1v) is 6.32. The lowest BCUT2D eigenvalue weighted by molar-refractivity contribution is 0.325. The molecule has 0 unspecified atom stereocenters. The highest BCUT2D eigenvalue weighted by Crippen LogP contribution is 2.18. The third-order valence-corrected chi connectivity index (χ3v) is 2.58. The number of nitrogens with zero attached hydrogens (tertiary/aromatic N) is 5. The maximum Gasteiger partial charge on any atom is 0.204 e. The zero-order valence-corrected chi connectivity index (χ0v) is 11.1. The Morgan fingerprint density at radius 2 is 2.15 bits per heavy atom. The molecular weight excluding hydrogens is 254 g/mol. The van der Waals surface area contributed by atoms with Gasteiger partial charge in [-0.25, -0.2) is 0 Å². The van der Waals surface area contributed by atoms with Crippen LogP contribution in [0.1, 0.15) is 12.8 Å². The standard InChI is InChI=1S/C14H15N5O/c1-2-3-11-20-13-7-5-12(6-8-13)14-16-18-19(17-14)10-4-9-15/h2,5-8H,1,3-4,10-11H2. The van der Waals surface area contributed by atoms with Crippen molar-refractivity contribution in [2.75, 3.05) is 6.61 Å². The Morgan fingerprint density at radius 3 is 2.85 bits per heavy atom. The normalized spacial score (nSPS) is 9.95. The minimum absolute atomic E-state index is 0.367. The highest BCUT2D eigenvalue weighted by atomic mass is 16.5. The van der Waals surface area contributed by atoms with E-state index in [0.717, 1.165) is 17.7 Å². The molecule has 20 heavy (non-hydrogen) atoms. The molecule has 0 radical (unpaired) electrons. The molecule has 0 bridgehead atoms. The van der Waals surface area contributed by atoms with Gasteiger partial charge in [-0.2, -0.15) is 10.1 Å². The lowest BCUT2D eigenvalue weighted by Crippen LogP contribution is -2.01. The van der Waals surface area contributed by atoms with E-state index in [1.165, 1.54) is 4.80 Å². The van der Waals surface area contributed by atoms with Crippen LogP contribution in [0.25, 0.3) is 11.4 Å². The Bertz CT molecular complexity index is 597. The first-order valence-electron chi connectivity index (χ1n) is 6.32. The van der Waals surface area contributed by atoms with Gasteiger partial charge >= 0.3 is 0 Å². The molecule has 0 saturated carbocycles. The number of tetrazole rings is 1. The van der Waals surface area contributed by atoms with Gasteiger partial charge in [0.1, 0.15) is 5.75 Å². The van der Waals surface area contributed by atoms with Crippen molar-refractivity contribution in [2.45, 2.75) is 19.4 Å². The van der Waals surface area contributed by atoms with Gasteiger partial charge in [0, 0.05) is 5.56 Å². The topological polar surface area (TPSA) is 76.6 Å². The largest absolute Gasteiger partial charge is 0.493 e. The highest BCUT2D eigenvalue weighted by Gasteiger charge is 2.05. The fourth-order valence-corrected chi connectivity index (χ4v) is 1.56. The summed E-state index contributed by atoms with van der Waals surface area (Å²) in [6, 6.07) is 9.55. The summed E-state index contributed by atoms with van der Waals surface area (Å²) in [6.07, 6.45) is 3.00. The molecule has 0 atom stereocenters. The predicted octanol–water partition coefficient (Wildman–Crippen LogP) is 2.21. The molecule has 6 nitrogen and oxygen atoms in total. The second-order valence-electron chi connectivity index (χ2n) is 4.07. The molecule has 1 heterocycles. The summed E-state index contributed by atoms with van der Waals surface area (Å²) in [5.74, 6) is 1.34. The van der Waals surface area contributed by atoms with E-state index in [1.807, 2.05) is 36.4 Å². The molecule has 0 amide bonds. The molecule has 0 N–H and O–H groups in total. The Labute approximate surface area is 117 Å². The van der Waals surface area contributed by atoms with Crippen molar-refractivity contribution in [1.29, 1.82) is 5.26 Å². The van der Waals surface area contributed by atoms with E-state index in [1.54, 1.807) is 0 Å². The molecule has 0 aliphatic carbocycles. The summed E-state index contributed by atoms with van der Waals surface area (Å²) in [5.41, 5.74) is 0.865. The molecule has 0 fully saturated rings. The van der Waals surface area contributed by atoms with E-state index in [9.17, 15) is 0 Å². The molecule has 102 valence electrons. The smallest absolute Gasteiger partial charge is 0.204 e. The van der Waals surface area contributed by atoms with Gasteiger partial charge in [-0.05, 0) is 35.9 Å². The van der Waals surface area contributed by atoms with Crippen molar-refractivity contribution in [3.05, 3.63) is 36.9 Å². The van der Waals surface area contributed by atoms with Crippen molar-refractivity contribution in [3.63, 3.8) is 0 Å². The maximum atomic E-state index is 8.51. The molecule has 1 aromatic heterocycles. The Hall–Kier alpha value is -2.68. The van der Waals surface area contributed by atoms with Crippen LogP contribution in [0.3, 0.4) is 0 Å². The fourth-order valence-electron chi connectivity index (χ4n) is 1.56. The lowest BCUT2D eigenvalue weighted by atomic mass is 10.2. The lowest BCUT2D eigenvalue weighted by Gasteiger charge is -2.04. The van der Waals surface area contributed by atoms with Crippen LogP contribution in [0.4, 0.5) is 0 Å². The van der Waals surface area contributed by atoms with Crippen LogP contribution in [-0.2, 0) is 6.54 Å². The van der Waals surface area contributed by atoms with E-state index in [-0.39, 0.29) is 0 Å². The van der Waals surface area contributed by atoms with Crippen LogP contribution in [0.2, 0.25) is 0 Å². The monoisotopic (exact) mass is 269 g/mol. The average Bonchev–Trinajstić information content (AvgIpc) is 2.95. The maximum absolute atomic E-state index is 8.51. The number of ether oxygens (including phenoxy) is 1. The third kappa shape index (κ3) is 3.65. The van der Waals surface area contributed by atoms with E-state index in [2.05, 4.69) is 22.0 Å². The first-order chi connectivity index (χ1) is 9.83. The molecule has 0 saturated heterocycles. The average molecular weight is 269 g/mol. The second-order valence-corrected chi connectivity index (χ2v) is 4.07. The summed E-state index contributed by atoms with van der Waals surface area (Å²) >= 11 is 0. The minimum Gasteiger partial charge on any atom is -0.493 e. The first kappa shape index (κ1) is 13.7. The van der Waals surface area contributed by atoms with Gasteiger partial charge in [0.25, 0.3) is 0 Å². The van der Waals surface area contributed by atoms with Gasteiger partial charge in [-0.15, -0.1) is 16.8 Å². The van der Waals surface area contributed by atoms with Crippen LogP contribution >= 0.6 is 0 Å². The summed E-state index contributed by atoms with van der Waals surface area (Å²) in [6.45, 7) is 4.71. The molecule has 2 aromatic rings. The van der Waals surface area contributed by atoms with Crippen molar-refractivity contribution in [1.82, 2.24) is 20.2 Å². The van der Waals surface area contributed by atoms with Crippen LogP contribution in [0, 0.1) is 11.3 Å². The SMILES string of the molecule is C=CCCOc1ccc(-c2nnn(CCC#N)n2)cc1. The van der Waals surface area contributed by atoms with Crippen LogP contribution < -0.4 is 4.74 Å². The van der Waals surface area contributed by atoms with E-state index in [4.69, 9.17) is 10.00 Å². The number of benzene rings is 1. The quantitative estimate of drug-likeness (QED) is 0.569. The number of rotatable bonds is 7. The molecular formula is C14H15N5O. The zero-order valence-electron chi connectivity index (χ0n) is 11.1. The highest BCUT2D eigenvalue weighted by molar-refractivity contribution is 5.55. The second kappa shape index (κ2) is 7.04. The fraction of sp³-hybridized carbons (Fsp3) is 0.286. The van der Waals surface area contributed by atoms with Gasteiger partial charge in [-0.3, -0.25) is 0 Å². The van der Waals surface area contributed by atoms with Gasteiger partial charge in [0.05, 0.1) is 25.6 Å². The van der Waals surface area contributed by atoms with E-state index in [0.29, 0.717) is 25.4 Å². The van der Waals surface area contributed by atoms with E-state index >= 15 is 0 Å². The molecule has 0 aliphatic rings.